The van der Waals surface area contributed by atoms with Crippen LogP contribution in [0.5, 0.6) is 0 Å². The van der Waals surface area contributed by atoms with Crippen molar-refractivity contribution in [2.75, 3.05) is 27.7 Å². The van der Waals surface area contributed by atoms with Crippen molar-refractivity contribution in [2.45, 2.75) is 117 Å². The molecule has 1 aromatic heterocycles. The van der Waals surface area contributed by atoms with Gasteiger partial charge in [0.25, 0.3) is 5.91 Å². The number of likely N-dealkylation sites (N-methyl/N-ethyl adjacent to an activating group) is 1. The van der Waals surface area contributed by atoms with Crippen molar-refractivity contribution in [1.82, 2.24) is 20.1 Å². The lowest BCUT2D eigenvalue weighted by Gasteiger charge is -2.36. The number of ketones is 1. The number of rotatable bonds is 18. The van der Waals surface area contributed by atoms with Gasteiger partial charge in [-0.3, -0.25) is 28.9 Å². The summed E-state index contributed by atoms with van der Waals surface area (Å²) in [7, 11) is 5.13. The van der Waals surface area contributed by atoms with Crippen LogP contribution in [0.4, 0.5) is 0 Å². The number of aryl methyl sites for hydroxylation is 1. The third-order valence-electron chi connectivity index (χ3n) is 10.7. The number of methoxy groups -OCH3 is 1. The first-order valence-corrected chi connectivity index (χ1v) is 19.6. The fourth-order valence-corrected chi connectivity index (χ4v) is 8.27. The van der Waals surface area contributed by atoms with Crippen molar-refractivity contribution in [1.29, 1.82) is 0 Å². The van der Waals surface area contributed by atoms with Crippen LogP contribution in [-0.2, 0) is 35.1 Å². The maximum atomic E-state index is 14.1. The van der Waals surface area contributed by atoms with Gasteiger partial charge in [0.15, 0.2) is 11.9 Å². The summed E-state index contributed by atoms with van der Waals surface area (Å²) in [6.07, 6.45) is 5.47. The number of benzene rings is 1. The topological polar surface area (TPSA) is 135 Å². The van der Waals surface area contributed by atoms with Gasteiger partial charge in [-0.15, -0.1) is 11.3 Å². The lowest BCUT2D eigenvalue weighted by Crippen LogP contribution is -2.47. The highest BCUT2D eigenvalue weighted by molar-refractivity contribution is 7.09. The molecule has 1 N–H and O–H groups in total. The average molecular weight is 739 g/mol. The maximum Gasteiger partial charge on any atom is 0.308 e. The smallest absolute Gasteiger partial charge is 0.308 e. The number of carbonyl (C=O) groups excluding carboxylic acids is 5. The molecule has 2 aromatic rings. The monoisotopic (exact) mass is 738 g/mol. The fourth-order valence-electron chi connectivity index (χ4n) is 7.44. The lowest BCUT2D eigenvalue weighted by atomic mass is 9.88. The van der Waals surface area contributed by atoms with E-state index in [2.05, 4.69) is 15.2 Å². The molecule has 1 saturated carbocycles. The summed E-state index contributed by atoms with van der Waals surface area (Å²) in [5, 5.41) is 5.17. The second kappa shape index (κ2) is 18.9. The first-order valence-electron chi connectivity index (χ1n) is 18.7. The van der Waals surface area contributed by atoms with Crippen LogP contribution in [0.2, 0.25) is 0 Å². The van der Waals surface area contributed by atoms with Crippen LogP contribution in [0.3, 0.4) is 0 Å². The van der Waals surface area contributed by atoms with Crippen LogP contribution in [0.25, 0.3) is 0 Å². The minimum atomic E-state index is -0.786. The molecule has 0 bridgehead atoms. The molecule has 11 nitrogen and oxygen atoms in total. The van der Waals surface area contributed by atoms with Crippen LogP contribution in [0, 0.1) is 30.6 Å². The van der Waals surface area contributed by atoms with Crippen LogP contribution in [0.1, 0.15) is 112 Å². The van der Waals surface area contributed by atoms with Crippen molar-refractivity contribution < 1.29 is 33.4 Å². The summed E-state index contributed by atoms with van der Waals surface area (Å²) in [5.41, 5.74) is 2.33. The van der Waals surface area contributed by atoms with Gasteiger partial charge in [-0.25, -0.2) is 4.98 Å². The second-order valence-corrected chi connectivity index (χ2v) is 16.2. The molecule has 2 fully saturated rings. The van der Waals surface area contributed by atoms with Gasteiger partial charge >= 0.3 is 11.9 Å². The van der Waals surface area contributed by atoms with Gasteiger partial charge in [-0.2, -0.15) is 0 Å². The number of amides is 2. The van der Waals surface area contributed by atoms with E-state index < -0.39 is 23.9 Å². The summed E-state index contributed by atoms with van der Waals surface area (Å²) in [6.45, 7) is 10.1. The summed E-state index contributed by atoms with van der Waals surface area (Å²) in [4.78, 5) is 74.4. The number of hydrogen-bond acceptors (Lipinski definition) is 10. The van der Waals surface area contributed by atoms with Gasteiger partial charge in [0, 0.05) is 50.2 Å². The van der Waals surface area contributed by atoms with Crippen LogP contribution < -0.4 is 5.32 Å². The van der Waals surface area contributed by atoms with E-state index in [9.17, 15) is 24.0 Å². The van der Waals surface area contributed by atoms with E-state index in [0.29, 0.717) is 17.8 Å². The second-order valence-electron chi connectivity index (χ2n) is 15.3. The summed E-state index contributed by atoms with van der Waals surface area (Å²) in [6, 6.07) is 7.23. The highest BCUT2D eigenvalue weighted by Crippen LogP contribution is 2.41. The highest BCUT2D eigenvalue weighted by Gasteiger charge is 2.42. The summed E-state index contributed by atoms with van der Waals surface area (Å²) in [5.74, 6) is -1.72. The van der Waals surface area contributed by atoms with E-state index in [1.165, 1.54) is 25.4 Å². The van der Waals surface area contributed by atoms with Gasteiger partial charge in [0.1, 0.15) is 10.7 Å². The summed E-state index contributed by atoms with van der Waals surface area (Å²) >= 11 is 1.23. The molecule has 2 heterocycles. The van der Waals surface area contributed by atoms with E-state index >= 15 is 0 Å². The van der Waals surface area contributed by atoms with Crippen LogP contribution in [-0.4, -0.2) is 90.2 Å². The molecule has 0 unspecified atom stereocenters. The number of carbonyl (C=O) groups is 5. The number of likely N-dealkylation sites (tertiary alicyclic amines) is 1. The molecule has 1 aliphatic heterocycles. The number of aromatic nitrogens is 1. The number of ether oxygens (including phenoxy) is 2. The quantitative estimate of drug-likeness (QED) is 0.185. The van der Waals surface area contributed by atoms with Gasteiger partial charge in [0.2, 0.25) is 5.91 Å². The molecular weight excluding hydrogens is 681 g/mol. The first kappa shape index (κ1) is 41.1. The number of thiazole rings is 1. The molecular formula is C40H58N4O7S. The standard InChI is InChI=1S/C40H58N4O7S/c1-24(2)34(44(7)39(48)31(29-16-17-29)21-35(46)33-11-9-10-18-43(33)6)22-36(51-27(5)45)38-42-32(23-52-38)37(47)41-30(19-26(4)40(49)50-8)20-28-14-12-25(3)13-15-28/h12-15,23-24,26,29-31,33-34,36H,9-11,16-22H2,1-8H3,(H,41,47)/t26-,30+,31-,33+,34+,36+/m0/s1. The van der Waals surface area contributed by atoms with Crippen molar-refractivity contribution in [2.24, 2.45) is 23.7 Å². The molecule has 0 spiro atoms. The van der Waals surface area contributed by atoms with Gasteiger partial charge < -0.3 is 19.7 Å². The maximum absolute atomic E-state index is 14.1. The van der Waals surface area contributed by atoms with Gasteiger partial charge in [-0.1, -0.05) is 57.0 Å². The Labute approximate surface area is 313 Å². The molecule has 286 valence electrons. The Morgan fingerprint density at radius 2 is 1.73 bits per heavy atom. The molecule has 12 heteroatoms. The van der Waals surface area contributed by atoms with Gasteiger partial charge in [0.05, 0.1) is 19.1 Å². The number of piperidine rings is 1. The minimum Gasteiger partial charge on any atom is -0.469 e. The van der Waals surface area contributed by atoms with Crippen molar-refractivity contribution in [3.05, 3.63) is 51.5 Å². The fraction of sp³-hybridized carbons (Fsp3) is 0.650. The van der Waals surface area contributed by atoms with Gasteiger partial charge in [-0.05, 0) is 76.4 Å². The SMILES string of the molecule is COC(=O)[C@@H](C)C[C@H](Cc1ccc(C)cc1)NC(=O)c1csc([C@@H](C[C@H](C(C)C)N(C)C(=O)[C@@H](CC(=O)[C@H]2CCCCN2C)C2CC2)OC(C)=O)n1. The zero-order valence-electron chi connectivity index (χ0n) is 32.2. The molecule has 6 atom stereocenters. The number of nitrogens with zero attached hydrogens (tertiary/aromatic N) is 3. The number of esters is 2. The molecule has 2 amide bonds. The average Bonchev–Trinajstić information content (AvgIpc) is 3.83. The van der Waals surface area contributed by atoms with E-state index in [4.69, 9.17) is 9.47 Å². The number of Topliss-reactive ketones (excluding diaryl/α,β-unsaturated/α-hetero) is 1. The van der Waals surface area contributed by atoms with Crippen molar-refractivity contribution in [3.8, 4) is 0 Å². The first-order chi connectivity index (χ1) is 24.7. The van der Waals surface area contributed by atoms with Crippen molar-refractivity contribution in [3.63, 3.8) is 0 Å². The molecule has 52 heavy (non-hydrogen) atoms. The Morgan fingerprint density at radius 3 is 2.33 bits per heavy atom. The van der Waals surface area contributed by atoms with E-state index in [-0.39, 0.29) is 72.1 Å². The number of nitrogens with one attached hydrogen (secondary N) is 1. The predicted molar refractivity (Wildman–Crippen MR) is 201 cm³/mol. The molecule has 1 aliphatic carbocycles. The zero-order chi connectivity index (χ0) is 38.1. The van der Waals surface area contributed by atoms with Crippen LogP contribution >= 0.6 is 11.3 Å². The minimum absolute atomic E-state index is 0.00843. The Kier molecular flexibility index (Phi) is 15.0. The van der Waals surface area contributed by atoms with Crippen molar-refractivity contribution >= 4 is 40.9 Å². The molecule has 1 aromatic carbocycles. The Balaban J connectivity index is 1.49. The largest absolute Gasteiger partial charge is 0.469 e. The Bertz CT molecular complexity index is 1540. The third-order valence-corrected chi connectivity index (χ3v) is 11.6. The summed E-state index contributed by atoms with van der Waals surface area (Å²) < 4.78 is 10.7. The highest BCUT2D eigenvalue weighted by atomic mass is 32.1. The number of hydrogen-bond donors (Lipinski definition) is 1. The third kappa shape index (κ3) is 11.4. The van der Waals surface area contributed by atoms with E-state index in [1.54, 1.807) is 24.3 Å². The Hall–Kier alpha value is -3.64. The molecule has 0 radical (unpaired) electrons. The lowest BCUT2D eigenvalue weighted by molar-refractivity contribution is -0.149. The van der Waals surface area contributed by atoms with E-state index in [0.717, 1.165) is 49.8 Å². The predicted octanol–water partition coefficient (Wildman–Crippen LogP) is 5.94. The molecule has 1 saturated heterocycles. The molecule has 2 aliphatic rings. The Morgan fingerprint density at radius 1 is 1.04 bits per heavy atom. The van der Waals surface area contributed by atoms with E-state index in [1.807, 2.05) is 52.1 Å². The van der Waals surface area contributed by atoms with Crippen LogP contribution in [0.15, 0.2) is 29.6 Å². The normalized spacial score (nSPS) is 19.2. The molecule has 4 rings (SSSR count). The zero-order valence-corrected chi connectivity index (χ0v) is 33.0.